The Hall–Kier alpha value is -1.14. The molecule has 0 aromatic rings. The standard InChI is InChI=1S/C25H40O6/c1-14(30-15(2)26)19-9-11-25(29)20-7-6-17-12-18(31-16(3)27)8-10-23(17,4)21(20)13-22(28)24(19,25)5/h14,17-22,28-29H,6-13H2,1-5H3/t14-,17+,18+,19-,20-,21+,22+,23+,24+,25+/m1/s1. The summed E-state index contributed by atoms with van der Waals surface area (Å²) in [5.41, 5.74) is -1.59. The monoisotopic (exact) mass is 436 g/mol. The van der Waals surface area contributed by atoms with Gasteiger partial charge in [-0.05, 0) is 81.5 Å². The second-order valence-electron chi connectivity index (χ2n) is 11.4. The van der Waals surface area contributed by atoms with Crippen molar-refractivity contribution in [2.24, 2.45) is 34.5 Å². The van der Waals surface area contributed by atoms with E-state index < -0.39 is 17.1 Å². The fraction of sp³-hybridized carbons (Fsp3) is 0.920. The molecule has 0 radical (unpaired) electrons. The van der Waals surface area contributed by atoms with Crippen LogP contribution in [-0.4, -0.2) is 46.1 Å². The third-order valence-electron chi connectivity index (χ3n) is 10.2. The highest BCUT2D eigenvalue weighted by Crippen LogP contribution is 2.69. The highest BCUT2D eigenvalue weighted by Gasteiger charge is 2.71. The van der Waals surface area contributed by atoms with Gasteiger partial charge in [-0.3, -0.25) is 9.59 Å². The summed E-state index contributed by atoms with van der Waals surface area (Å²) >= 11 is 0. The van der Waals surface area contributed by atoms with Crippen molar-refractivity contribution in [2.75, 3.05) is 0 Å². The van der Waals surface area contributed by atoms with E-state index in [0.29, 0.717) is 18.8 Å². The van der Waals surface area contributed by atoms with Crippen molar-refractivity contribution in [3.8, 4) is 0 Å². The van der Waals surface area contributed by atoms with Crippen molar-refractivity contribution < 1.29 is 29.3 Å². The summed E-state index contributed by atoms with van der Waals surface area (Å²) in [5, 5.41) is 23.7. The SMILES string of the molecule is CC(=O)O[C@H]1CC[C@@]2(C)[C@@H](CC[C@@H]3[C@@H]2C[C@H](O)[C@]2(C)[C@@H]([C@@H](C)OC(C)=O)CC[C@]32O)C1. The van der Waals surface area contributed by atoms with Gasteiger partial charge < -0.3 is 19.7 Å². The summed E-state index contributed by atoms with van der Waals surface area (Å²) in [6.07, 6.45) is 5.78. The first-order valence-corrected chi connectivity index (χ1v) is 12.2. The van der Waals surface area contributed by atoms with E-state index in [1.54, 1.807) is 0 Å². The summed E-state index contributed by atoms with van der Waals surface area (Å²) in [7, 11) is 0. The van der Waals surface area contributed by atoms with Crippen molar-refractivity contribution in [3.05, 3.63) is 0 Å². The quantitative estimate of drug-likeness (QED) is 0.657. The lowest BCUT2D eigenvalue weighted by Gasteiger charge is -2.65. The zero-order valence-electron chi connectivity index (χ0n) is 19.7. The van der Waals surface area contributed by atoms with Crippen LogP contribution in [0.4, 0.5) is 0 Å². The van der Waals surface area contributed by atoms with Gasteiger partial charge in [0.15, 0.2) is 0 Å². The third-order valence-corrected chi connectivity index (χ3v) is 10.2. The van der Waals surface area contributed by atoms with E-state index in [9.17, 15) is 19.8 Å². The molecule has 4 fully saturated rings. The molecule has 4 saturated carbocycles. The minimum atomic E-state index is -0.949. The summed E-state index contributed by atoms with van der Waals surface area (Å²) < 4.78 is 11.1. The van der Waals surface area contributed by atoms with E-state index >= 15 is 0 Å². The van der Waals surface area contributed by atoms with Crippen LogP contribution in [0.3, 0.4) is 0 Å². The Labute approximate surface area is 186 Å². The van der Waals surface area contributed by atoms with E-state index in [1.165, 1.54) is 13.8 Å². The Morgan fingerprint density at radius 1 is 0.968 bits per heavy atom. The van der Waals surface area contributed by atoms with Gasteiger partial charge in [-0.15, -0.1) is 0 Å². The van der Waals surface area contributed by atoms with Gasteiger partial charge in [0.05, 0.1) is 11.7 Å². The third kappa shape index (κ3) is 3.35. The van der Waals surface area contributed by atoms with Crippen molar-refractivity contribution in [2.45, 2.75) is 110 Å². The maximum atomic E-state index is 12.2. The summed E-state index contributed by atoms with van der Waals surface area (Å²) in [6.45, 7) is 9.16. The average Bonchev–Trinajstić information content (AvgIpc) is 2.95. The molecule has 0 aromatic carbocycles. The van der Waals surface area contributed by atoms with Crippen LogP contribution in [0, 0.1) is 34.5 Å². The predicted octanol–water partition coefficient (Wildman–Crippen LogP) is 3.61. The highest BCUT2D eigenvalue weighted by molar-refractivity contribution is 5.66. The van der Waals surface area contributed by atoms with Gasteiger partial charge in [0, 0.05) is 25.2 Å². The maximum absolute atomic E-state index is 12.2. The Morgan fingerprint density at radius 3 is 2.32 bits per heavy atom. The number of aliphatic hydroxyl groups excluding tert-OH is 1. The second-order valence-corrected chi connectivity index (χ2v) is 11.4. The molecule has 4 rings (SSSR count). The molecule has 0 saturated heterocycles. The molecule has 4 aliphatic rings. The molecule has 176 valence electrons. The fourth-order valence-electron chi connectivity index (χ4n) is 8.64. The van der Waals surface area contributed by atoms with Crippen molar-refractivity contribution in [1.29, 1.82) is 0 Å². The van der Waals surface area contributed by atoms with Crippen LogP contribution in [0.1, 0.15) is 86.0 Å². The summed E-state index contributed by atoms with van der Waals surface area (Å²) in [4.78, 5) is 23.0. The van der Waals surface area contributed by atoms with Crippen LogP contribution in [-0.2, 0) is 19.1 Å². The van der Waals surface area contributed by atoms with Gasteiger partial charge in [0.2, 0.25) is 0 Å². The number of esters is 2. The Morgan fingerprint density at radius 2 is 1.68 bits per heavy atom. The Balaban J connectivity index is 1.60. The van der Waals surface area contributed by atoms with Gasteiger partial charge >= 0.3 is 11.9 Å². The molecular weight excluding hydrogens is 396 g/mol. The molecule has 0 spiro atoms. The average molecular weight is 437 g/mol. The number of carbonyl (C=O) groups excluding carboxylic acids is 2. The zero-order chi connectivity index (χ0) is 22.8. The molecule has 6 heteroatoms. The van der Waals surface area contributed by atoms with Crippen LogP contribution < -0.4 is 0 Å². The number of aliphatic hydroxyl groups is 2. The van der Waals surface area contributed by atoms with Crippen molar-refractivity contribution in [1.82, 2.24) is 0 Å². The normalized spacial score (nSPS) is 49.9. The molecule has 0 aromatic heterocycles. The molecule has 2 N–H and O–H groups in total. The molecule has 0 aliphatic heterocycles. The molecule has 0 amide bonds. The highest BCUT2D eigenvalue weighted by atomic mass is 16.5. The lowest BCUT2D eigenvalue weighted by atomic mass is 9.42. The van der Waals surface area contributed by atoms with E-state index in [2.05, 4.69) is 6.92 Å². The van der Waals surface area contributed by atoms with E-state index in [4.69, 9.17) is 9.47 Å². The lowest BCUT2D eigenvalue weighted by Crippen LogP contribution is -2.67. The van der Waals surface area contributed by atoms with Crippen molar-refractivity contribution >= 4 is 11.9 Å². The largest absolute Gasteiger partial charge is 0.463 e. The number of ether oxygens (including phenoxy) is 2. The Bertz CT molecular complexity index is 738. The number of hydrogen-bond donors (Lipinski definition) is 2. The van der Waals surface area contributed by atoms with Crippen LogP contribution >= 0.6 is 0 Å². The first-order valence-electron chi connectivity index (χ1n) is 12.2. The first-order chi connectivity index (χ1) is 14.4. The van der Waals surface area contributed by atoms with Gasteiger partial charge in [0.1, 0.15) is 12.2 Å². The molecule has 0 bridgehead atoms. The molecular formula is C25H40O6. The summed E-state index contributed by atoms with van der Waals surface area (Å²) in [5.74, 6) is 0.265. The second kappa shape index (κ2) is 7.72. The van der Waals surface area contributed by atoms with Gasteiger partial charge in [-0.1, -0.05) is 13.8 Å². The van der Waals surface area contributed by atoms with Crippen LogP contribution in [0.2, 0.25) is 0 Å². The minimum Gasteiger partial charge on any atom is -0.463 e. The lowest BCUT2D eigenvalue weighted by molar-refractivity contribution is -0.253. The molecule has 0 unspecified atom stereocenters. The van der Waals surface area contributed by atoms with Gasteiger partial charge in [0.25, 0.3) is 0 Å². The molecule has 0 heterocycles. The minimum absolute atomic E-state index is 0.00516. The molecule has 6 nitrogen and oxygen atoms in total. The smallest absolute Gasteiger partial charge is 0.302 e. The van der Waals surface area contributed by atoms with Crippen molar-refractivity contribution in [3.63, 3.8) is 0 Å². The van der Waals surface area contributed by atoms with E-state index in [-0.39, 0.29) is 47.3 Å². The van der Waals surface area contributed by atoms with E-state index in [0.717, 1.165) is 38.5 Å². The summed E-state index contributed by atoms with van der Waals surface area (Å²) in [6, 6.07) is 0. The number of hydrogen-bond acceptors (Lipinski definition) is 6. The van der Waals surface area contributed by atoms with Crippen LogP contribution in [0.15, 0.2) is 0 Å². The maximum Gasteiger partial charge on any atom is 0.302 e. The number of fused-ring (bicyclic) bond motifs is 5. The van der Waals surface area contributed by atoms with E-state index in [1.807, 2.05) is 13.8 Å². The fourth-order valence-corrected chi connectivity index (χ4v) is 8.64. The van der Waals surface area contributed by atoms with Gasteiger partial charge in [-0.25, -0.2) is 0 Å². The number of carbonyl (C=O) groups is 2. The van der Waals surface area contributed by atoms with Crippen LogP contribution in [0.25, 0.3) is 0 Å². The zero-order valence-corrected chi connectivity index (χ0v) is 19.7. The topological polar surface area (TPSA) is 93.1 Å². The molecule has 4 aliphatic carbocycles. The Kier molecular flexibility index (Phi) is 5.74. The van der Waals surface area contributed by atoms with Crippen LogP contribution in [0.5, 0.6) is 0 Å². The molecule has 31 heavy (non-hydrogen) atoms. The number of rotatable bonds is 3. The first kappa shape index (κ1) is 23.0. The predicted molar refractivity (Wildman–Crippen MR) is 115 cm³/mol. The molecule has 10 atom stereocenters. The van der Waals surface area contributed by atoms with Gasteiger partial charge in [-0.2, -0.15) is 0 Å².